The zero-order valence-electron chi connectivity index (χ0n) is 11.4. The van der Waals surface area contributed by atoms with Crippen LogP contribution in [0.4, 0.5) is 0 Å². The van der Waals surface area contributed by atoms with E-state index in [2.05, 4.69) is 39.6 Å². The van der Waals surface area contributed by atoms with Gasteiger partial charge in [0, 0.05) is 0 Å². The average molecular weight is 268 g/mol. The molecule has 2 aliphatic rings. The van der Waals surface area contributed by atoms with E-state index in [9.17, 15) is 0 Å². The Labute approximate surface area is 110 Å². The summed E-state index contributed by atoms with van der Waals surface area (Å²) in [5, 5.41) is 0. The Morgan fingerprint density at radius 1 is 1.19 bits per heavy atom. The van der Waals surface area contributed by atoms with E-state index in [1.54, 1.807) is 11.1 Å². The summed E-state index contributed by atoms with van der Waals surface area (Å²) in [7, 11) is 0. The fourth-order valence-corrected chi connectivity index (χ4v) is 14.3. The number of hydrogen-bond acceptors (Lipinski definition) is 0. The molecule has 0 amide bonds. The number of hydrogen-bond donors (Lipinski definition) is 0. The van der Waals surface area contributed by atoms with Crippen LogP contribution in [0.2, 0.25) is 23.4 Å². The molecule has 0 spiro atoms. The molecule has 0 aliphatic heterocycles. The number of rotatable bonds is 2. The number of allylic oxidation sites excluding steroid dienone is 4. The molecule has 0 saturated heterocycles. The maximum atomic E-state index is 2.56. The van der Waals surface area contributed by atoms with Gasteiger partial charge < -0.3 is 0 Å². The molecule has 0 fully saturated rings. The topological polar surface area (TPSA) is 0 Å². The summed E-state index contributed by atoms with van der Waals surface area (Å²) in [6, 6.07) is 0. The van der Waals surface area contributed by atoms with Crippen molar-refractivity contribution in [2.24, 2.45) is 0 Å². The third kappa shape index (κ3) is 2.32. The fraction of sp³-hybridized carbons (Fsp3) is 0.714. The molecule has 0 saturated carbocycles. The van der Waals surface area contributed by atoms with Crippen molar-refractivity contribution in [2.45, 2.75) is 62.9 Å². The SMILES string of the molecule is CC1=CC2=C(CCCC2)[C]1(C)[Ti][Si](C)(C)C. The van der Waals surface area contributed by atoms with Crippen molar-refractivity contribution in [2.75, 3.05) is 0 Å². The Kier molecular flexibility index (Phi) is 3.42. The molecule has 0 bridgehead atoms. The van der Waals surface area contributed by atoms with Gasteiger partial charge >= 0.3 is 110 Å². The Hall–Kier alpha value is 0.411. The van der Waals surface area contributed by atoms with Crippen LogP contribution >= 0.6 is 0 Å². The molecule has 16 heavy (non-hydrogen) atoms. The van der Waals surface area contributed by atoms with Crippen molar-refractivity contribution in [1.82, 2.24) is 0 Å². The van der Waals surface area contributed by atoms with E-state index in [1.165, 1.54) is 25.7 Å². The van der Waals surface area contributed by atoms with Gasteiger partial charge in [-0.2, -0.15) is 0 Å². The van der Waals surface area contributed by atoms with E-state index in [-0.39, 0.29) is 18.4 Å². The quantitative estimate of drug-likeness (QED) is 0.624. The molecule has 0 aromatic carbocycles. The van der Waals surface area contributed by atoms with Crippen molar-refractivity contribution < 1.29 is 18.4 Å². The van der Waals surface area contributed by atoms with E-state index in [1.807, 2.05) is 5.57 Å². The summed E-state index contributed by atoms with van der Waals surface area (Å²) in [5.41, 5.74) is 5.29. The molecule has 0 radical (unpaired) electrons. The van der Waals surface area contributed by atoms with Crippen LogP contribution in [0.15, 0.2) is 22.8 Å². The molecule has 0 aromatic heterocycles. The fourth-order valence-electron chi connectivity index (χ4n) is 3.23. The molecule has 88 valence electrons. The second-order valence-corrected chi connectivity index (χ2v) is 21.0. The van der Waals surface area contributed by atoms with Gasteiger partial charge in [-0.15, -0.1) is 0 Å². The molecule has 2 aliphatic carbocycles. The van der Waals surface area contributed by atoms with Crippen LogP contribution in [0.25, 0.3) is 0 Å². The Balaban J connectivity index is 2.33. The van der Waals surface area contributed by atoms with Crippen LogP contribution in [0.1, 0.15) is 39.5 Å². The van der Waals surface area contributed by atoms with E-state index in [0.29, 0.717) is 3.72 Å². The van der Waals surface area contributed by atoms with Crippen molar-refractivity contribution in [3.8, 4) is 0 Å². The summed E-state index contributed by atoms with van der Waals surface area (Å²) >= 11 is 0.169. The van der Waals surface area contributed by atoms with E-state index >= 15 is 0 Å². The molecular formula is C14H24SiTi. The zero-order chi connectivity index (χ0) is 12.0. The van der Waals surface area contributed by atoms with Gasteiger partial charge in [0.05, 0.1) is 0 Å². The van der Waals surface area contributed by atoms with Crippen LogP contribution < -0.4 is 0 Å². The van der Waals surface area contributed by atoms with Gasteiger partial charge in [-0.3, -0.25) is 0 Å². The molecular weight excluding hydrogens is 244 g/mol. The summed E-state index contributed by atoms with van der Waals surface area (Å²) in [5.74, 6) is -0.863. The van der Waals surface area contributed by atoms with Crippen molar-refractivity contribution >= 4 is 5.94 Å². The van der Waals surface area contributed by atoms with Crippen LogP contribution in [-0.2, 0) is 18.4 Å². The predicted molar refractivity (Wildman–Crippen MR) is 71.0 cm³/mol. The Bertz CT molecular complexity index is 359. The standard InChI is InChI=1S/C11H15.C3H9Si.Ti/c1-8-7-10-5-3-4-6-11(10)9(8)2;1-4(2)3;/h7H,3-6H2,1-2H3;1-3H3;. The van der Waals surface area contributed by atoms with Gasteiger partial charge in [0.2, 0.25) is 0 Å². The Morgan fingerprint density at radius 3 is 2.44 bits per heavy atom. The van der Waals surface area contributed by atoms with Gasteiger partial charge in [0.25, 0.3) is 0 Å². The van der Waals surface area contributed by atoms with Crippen LogP contribution in [0.5, 0.6) is 0 Å². The average Bonchev–Trinajstić information content (AvgIpc) is 2.37. The minimum atomic E-state index is -0.863. The third-order valence-corrected chi connectivity index (χ3v) is 12.1. The summed E-state index contributed by atoms with van der Waals surface area (Å²) in [6.07, 6.45) is 8.16. The van der Waals surface area contributed by atoms with Gasteiger partial charge in [-0.25, -0.2) is 0 Å². The molecule has 1 atom stereocenters. The van der Waals surface area contributed by atoms with Crippen molar-refractivity contribution in [3.05, 3.63) is 22.8 Å². The molecule has 0 aromatic rings. The first-order chi connectivity index (χ1) is 7.33. The summed E-state index contributed by atoms with van der Waals surface area (Å²) < 4.78 is 0.556. The van der Waals surface area contributed by atoms with E-state index in [0.717, 1.165) is 0 Å². The normalized spacial score (nSPS) is 30.2. The Morgan fingerprint density at radius 2 is 1.81 bits per heavy atom. The monoisotopic (exact) mass is 268 g/mol. The van der Waals surface area contributed by atoms with Crippen molar-refractivity contribution in [3.63, 3.8) is 0 Å². The minimum absolute atomic E-state index is 0.169. The zero-order valence-corrected chi connectivity index (χ0v) is 14.0. The predicted octanol–water partition coefficient (Wildman–Crippen LogP) is 4.91. The summed E-state index contributed by atoms with van der Waals surface area (Å²) in [4.78, 5) is 0. The molecule has 2 heteroatoms. The van der Waals surface area contributed by atoms with Crippen LogP contribution in [-0.4, -0.2) is 5.94 Å². The van der Waals surface area contributed by atoms with E-state index in [4.69, 9.17) is 0 Å². The second-order valence-electron chi connectivity index (χ2n) is 6.54. The second kappa shape index (κ2) is 4.26. The van der Waals surface area contributed by atoms with Gasteiger partial charge in [0.15, 0.2) is 0 Å². The summed E-state index contributed by atoms with van der Waals surface area (Å²) in [6.45, 7) is 12.6. The first kappa shape index (κ1) is 12.9. The molecule has 0 N–H and O–H groups in total. The van der Waals surface area contributed by atoms with Crippen LogP contribution in [0, 0.1) is 0 Å². The van der Waals surface area contributed by atoms with Gasteiger partial charge in [-0.1, -0.05) is 0 Å². The van der Waals surface area contributed by atoms with Crippen molar-refractivity contribution in [1.29, 1.82) is 0 Å². The van der Waals surface area contributed by atoms with Gasteiger partial charge in [0.1, 0.15) is 0 Å². The third-order valence-electron chi connectivity index (χ3n) is 3.92. The molecule has 1 unspecified atom stereocenters. The molecule has 0 nitrogen and oxygen atoms in total. The first-order valence-electron chi connectivity index (χ1n) is 6.53. The van der Waals surface area contributed by atoms with Crippen LogP contribution in [0.3, 0.4) is 0 Å². The van der Waals surface area contributed by atoms with E-state index < -0.39 is 5.94 Å². The molecule has 0 heterocycles. The molecule has 2 rings (SSSR count). The first-order valence-corrected chi connectivity index (χ1v) is 13.2. The van der Waals surface area contributed by atoms with Gasteiger partial charge in [-0.05, 0) is 0 Å². The maximum absolute atomic E-state index is 2.56.